The summed E-state index contributed by atoms with van der Waals surface area (Å²) in [6, 6.07) is 1.48. The second-order valence-electron chi connectivity index (χ2n) is 3.18. The molecular weight excluding hydrogens is 296 g/mol. The average Bonchev–Trinajstić information content (AvgIpc) is 2.20. The summed E-state index contributed by atoms with van der Waals surface area (Å²) in [7, 11) is -0.608. The van der Waals surface area contributed by atoms with Gasteiger partial charge in [0.15, 0.2) is 0 Å². The highest BCUT2D eigenvalue weighted by Gasteiger charge is 2.23. The number of halogens is 1. The maximum Gasteiger partial charge on any atom is 0.247 e. The Labute approximate surface area is 104 Å². The minimum atomic E-state index is -3.54. The topological polar surface area (TPSA) is 59.5 Å². The largest absolute Gasteiger partial charge is 0.477 e. The zero-order valence-electron chi connectivity index (χ0n) is 9.27. The van der Waals surface area contributed by atoms with Crippen molar-refractivity contribution < 1.29 is 13.2 Å². The van der Waals surface area contributed by atoms with Crippen LogP contribution in [-0.4, -0.2) is 38.4 Å². The molecular formula is C9H13BrN2O3S. The third-order valence-corrected chi connectivity index (χ3v) is 4.07. The standard InChI is InChI=1S/C9H13BrN2O3S/c1-4-15-9-8(5-7(10)6-11-9)16(13,14)12(2)3/h5-6H,4H2,1-3H3. The molecule has 0 aliphatic carbocycles. The van der Waals surface area contributed by atoms with Crippen LogP contribution in [0.5, 0.6) is 5.88 Å². The van der Waals surface area contributed by atoms with Crippen LogP contribution in [0.3, 0.4) is 0 Å². The summed E-state index contributed by atoms with van der Waals surface area (Å²) in [5.74, 6) is 0.124. The summed E-state index contributed by atoms with van der Waals surface area (Å²) < 4.78 is 30.8. The molecule has 0 fully saturated rings. The van der Waals surface area contributed by atoms with Crippen LogP contribution in [0, 0.1) is 0 Å². The van der Waals surface area contributed by atoms with Crippen molar-refractivity contribution in [2.45, 2.75) is 11.8 Å². The minimum absolute atomic E-state index is 0.0636. The van der Waals surface area contributed by atoms with E-state index in [-0.39, 0.29) is 10.8 Å². The Balaban J connectivity index is 3.36. The first kappa shape index (κ1) is 13.4. The Morgan fingerprint density at radius 1 is 1.50 bits per heavy atom. The van der Waals surface area contributed by atoms with Crippen LogP contribution in [0.2, 0.25) is 0 Å². The van der Waals surface area contributed by atoms with E-state index in [0.29, 0.717) is 11.1 Å². The number of nitrogens with zero attached hydrogens (tertiary/aromatic N) is 2. The number of rotatable bonds is 4. The van der Waals surface area contributed by atoms with Crippen molar-refractivity contribution in [3.05, 3.63) is 16.7 Å². The van der Waals surface area contributed by atoms with E-state index in [1.54, 1.807) is 6.92 Å². The quantitative estimate of drug-likeness (QED) is 0.845. The first-order valence-corrected chi connectivity index (χ1v) is 6.83. The molecule has 5 nitrogen and oxygen atoms in total. The van der Waals surface area contributed by atoms with Gasteiger partial charge in [-0.1, -0.05) is 0 Å². The molecule has 0 radical (unpaired) electrons. The summed E-state index contributed by atoms with van der Waals surface area (Å²) in [5, 5.41) is 0. The van der Waals surface area contributed by atoms with Crippen LogP contribution in [0.25, 0.3) is 0 Å². The molecule has 0 bridgehead atoms. The van der Waals surface area contributed by atoms with Gasteiger partial charge in [0.25, 0.3) is 0 Å². The summed E-state index contributed by atoms with van der Waals surface area (Å²) >= 11 is 3.19. The first-order chi connectivity index (χ1) is 7.39. The van der Waals surface area contributed by atoms with Gasteiger partial charge in [-0.3, -0.25) is 0 Å². The first-order valence-electron chi connectivity index (χ1n) is 4.60. The molecule has 0 N–H and O–H groups in total. The van der Waals surface area contributed by atoms with Crippen molar-refractivity contribution in [3.63, 3.8) is 0 Å². The van der Waals surface area contributed by atoms with Crippen molar-refractivity contribution >= 4 is 26.0 Å². The van der Waals surface area contributed by atoms with E-state index in [0.717, 1.165) is 4.31 Å². The fraction of sp³-hybridized carbons (Fsp3) is 0.444. The Morgan fingerprint density at radius 3 is 2.62 bits per heavy atom. The van der Waals surface area contributed by atoms with Gasteiger partial charge in [-0.2, -0.15) is 0 Å². The molecule has 0 aliphatic rings. The number of pyridine rings is 1. The number of ether oxygens (including phenoxy) is 1. The van der Waals surface area contributed by atoms with Crippen molar-refractivity contribution in [1.29, 1.82) is 0 Å². The van der Waals surface area contributed by atoms with Crippen LogP contribution >= 0.6 is 15.9 Å². The highest BCUT2D eigenvalue weighted by Crippen LogP contribution is 2.26. The molecule has 0 saturated heterocycles. The smallest absolute Gasteiger partial charge is 0.247 e. The lowest BCUT2D eigenvalue weighted by atomic mass is 10.5. The molecule has 1 heterocycles. The molecule has 0 saturated carbocycles. The molecule has 7 heteroatoms. The zero-order chi connectivity index (χ0) is 12.3. The molecule has 16 heavy (non-hydrogen) atoms. The van der Waals surface area contributed by atoms with E-state index < -0.39 is 10.0 Å². The van der Waals surface area contributed by atoms with E-state index in [2.05, 4.69) is 20.9 Å². The molecule has 0 aliphatic heterocycles. The zero-order valence-corrected chi connectivity index (χ0v) is 11.7. The Kier molecular flexibility index (Phi) is 4.28. The van der Waals surface area contributed by atoms with Crippen molar-refractivity contribution in [2.24, 2.45) is 0 Å². The van der Waals surface area contributed by atoms with Gasteiger partial charge in [0.05, 0.1) is 6.61 Å². The van der Waals surface area contributed by atoms with Crippen LogP contribution in [-0.2, 0) is 10.0 Å². The van der Waals surface area contributed by atoms with Crippen LogP contribution in [0.1, 0.15) is 6.92 Å². The van der Waals surface area contributed by atoms with Crippen molar-refractivity contribution in [2.75, 3.05) is 20.7 Å². The Bertz CT molecular complexity index is 474. The van der Waals surface area contributed by atoms with Gasteiger partial charge in [0.1, 0.15) is 4.90 Å². The summed E-state index contributed by atoms with van der Waals surface area (Å²) in [5.41, 5.74) is 0. The number of hydrogen-bond acceptors (Lipinski definition) is 4. The number of sulfonamides is 1. The average molecular weight is 309 g/mol. The number of aromatic nitrogens is 1. The van der Waals surface area contributed by atoms with E-state index in [1.165, 1.54) is 26.4 Å². The molecule has 0 amide bonds. The van der Waals surface area contributed by atoms with E-state index >= 15 is 0 Å². The molecule has 0 aromatic carbocycles. The molecule has 1 aromatic heterocycles. The second-order valence-corrected chi connectivity index (χ2v) is 6.21. The van der Waals surface area contributed by atoms with Crippen LogP contribution in [0.4, 0.5) is 0 Å². The van der Waals surface area contributed by atoms with Gasteiger partial charge in [0.2, 0.25) is 15.9 Å². The van der Waals surface area contributed by atoms with Gasteiger partial charge in [0, 0.05) is 24.8 Å². The monoisotopic (exact) mass is 308 g/mol. The third-order valence-electron chi connectivity index (χ3n) is 1.82. The normalized spacial score (nSPS) is 11.8. The fourth-order valence-electron chi connectivity index (χ4n) is 1.03. The third kappa shape index (κ3) is 2.72. The van der Waals surface area contributed by atoms with Gasteiger partial charge in [-0.25, -0.2) is 17.7 Å². The number of hydrogen-bond donors (Lipinski definition) is 0. The van der Waals surface area contributed by atoms with Gasteiger partial charge in [-0.15, -0.1) is 0 Å². The van der Waals surface area contributed by atoms with E-state index in [9.17, 15) is 8.42 Å². The maximum atomic E-state index is 12.0. The van der Waals surface area contributed by atoms with Gasteiger partial charge >= 0.3 is 0 Å². The molecule has 0 atom stereocenters. The van der Waals surface area contributed by atoms with Gasteiger partial charge < -0.3 is 4.74 Å². The lowest BCUT2D eigenvalue weighted by Gasteiger charge is -2.14. The van der Waals surface area contributed by atoms with E-state index in [1.807, 2.05) is 0 Å². The second kappa shape index (κ2) is 5.11. The molecule has 90 valence electrons. The maximum absolute atomic E-state index is 12.0. The summed E-state index contributed by atoms with van der Waals surface area (Å²) in [6.45, 7) is 2.14. The SMILES string of the molecule is CCOc1ncc(Br)cc1S(=O)(=O)N(C)C. The Morgan fingerprint density at radius 2 is 2.12 bits per heavy atom. The lowest BCUT2D eigenvalue weighted by Crippen LogP contribution is -2.23. The van der Waals surface area contributed by atoms with Crippen LogP contribution in [0.15, 0.2) is 21.6 Å². The van der Waals surface area contributed by atoms with Gasteiger partial charge in [-0.05, 0) is 28.9 Å². The fourth-order valence-corrected chi connectivity index (χ4v) is 2.52. The molecule has 1 aromatic rings. The Hall–Kier alpha value is -0.660. The predicted molar refractivity (Wildman–Crippen MR) is 64.0 cm³/mol. The highest BCUT2D eigenvalue weighted by atomic mass is 79.9. The molecule has 0 spiro atoms. The summed E-state index contributed by atoms with van der Waals surface area (Å²) in [4.78, 5) is 4.01. The summed E-state index contributed by atoms with van der Waals surface area (Å²) in [6.07, 6.45) is 1.50. The van der Waals surface area contributed by atoms with Crippen molar-refractivity contribution in [3.8, 4) is 5.88 Å². The molecule has 0 unspecified atom stereocenters. The van der Waals surface area contributed by atoms with Crippen LogP contribution < -0.4 is 4.74 Å². The highest BCUT2D eigenvalue weighted by molar-refractivity contribution is 9.10. The predicted octanol–water partition coefficient (Wildman–Crippen LogP) is 1.49. The lowest BCUT2D eigenvalue weighted by molar-refractivity contribution is 0.316. The minimum Gasteiger partial charge on any atom is -0.477 e. The van der Waals surface area contributed by atoms with Crippen molar-refractivity contribution in [1.82, 2.24) is 9.29 Å². The molecule has 1 rings (SSSR count). The van der Waals surface area contributed by atoms with E-state index in [4.69, 9.17) is 4.74 Å².